The van der Waals surface area contributed by atoms with Crippen LogP contribution in [0.1, 0.15) is 5.56 Å². The molecule has 0 saturated heterocycles. The van der Waals surface area contributed by atoms with E-state index in [1.165, 1.54) is 10.5 Å². The van der Waals surface area contributed by atoms with E-state index in [0.29, 0.717) is 5.69 Å². The lowest BCUT2D eigenvalue weighted by atomic mass is 10.2. The molecule has 0 fully saturated rings. The number of halogens is 1. The van der Waals surface area contributed by atoms with Gasteiger partial charge in [-0.2, -0.15) is 0 Å². The van der Waals surface area contributed by atoms with E-state index in [9.17, 15) is 8.42 Å². The first kappa shape index (κ1) is 15.8. The molecule has 2 rings (SSSR count). The normalized spacial score (nSPS) is 10.8. The molecular formula is C16H14INO2S. The van der Waals surface area contributed by atoms with E-state index in [2.05, 4.69) is 34.9 Å². The first-order valence-electron chi connectivity index (χ1n) is 6.18. The number of hydrogen-bond donors (Lipinski definition) is 0. The molecule has 3 nitrogen and oxygen atoms in total. The van der Waals surface area contributed by atoms with E-state index in [1.54, 1.807) is 36.4 Å². The summed E-state index contributed by atoms with van der Waals surface area (Å²) in [7, 11) is -3.67. The molecule has 0 N–H and O–H groups in total. The monoisotopic (exact) mass is 411 g/mol. The van der Waals surface area contributed by atoms with Gasteiger partial charge in [0.05, 0.1) is 16.8 Å². The lowest BCUT2D eigenvalue weighted by Gasteiger charge is -2.20. The van der Waals surface area contributed by atoms with Crippen LogP contribution in [-0.4, -0.2) is 8.42 Å². The van der Waals surface area contributed by atoms with Crippen LogP contribution in [0.2, 0.25) is 0 Å². The zero-order valence-electron chi connectivity index (χ0n) is 11.5. The van der Waals surface area contributed by atoms with Crippen molar-refractivity contribution >= 4 is 38.3 Å². The van der Waals surface area contributed by atoms with Crippen molar-refractivity contribution in [3.05, 3.63) is 76.2 Å². The summed E-state index contributed by atoms with van der Waals surface area (Å²) in [6.45, 7) is 5.39. The molecule has 0 saturated carbocycles. The van der Waals surface area contributed by atoms with E-state index in [0.717, 1.165) is 9.13 Å². The second kappa shape index (κ2) is 6.47. The summed E-state index contributed by atoms with van der Waals surface area (Å²) in [6.07, 6.45) is 1.33. The Hall–Kier alpha value is -1.56. The topological polar surface area (TPSA) is 37.4 Å². The van der Waals surface area contributed by atoms with Crippen LogP contribution in [0.15, 0.2) is 71.9 Å². The molecule has 2 aromatic rings. The molecule has 0 aliphatic rings. The van der Waals surface area contributed by atoms with Crippen LogP contribution in [0, 0.1) is 10.5 Å². The lowest BCUT2D eigenvalue weighted by molar-refractivity contribution is 0.596. The van der Waals surface area contributed by atoms with Crippen molar-refractivity contribution in [2.24, 2.45) is 0 Å². The van der Waals surface area contributed by atoms with Crippen LogP contribution in [0.3, 0.4) is 0 Å². The number of sulfonamides is 1. The van der Waals surface area contributed by atoms with Crippen molar-refractivity contribution < 1.29 is 8.42 Å². The number of benzene rings is 2. The summed E-state index contributed by atoms with van der Waals surface area (Å²) in [5.74, 6) is 0. The Morgan fingerprint density at radius 2 is 1.67 bits per heavy atom. The van der Waals surface area contributed by atoms with Crippen molar-refractivity contribution in [3.63, 3.8) is 0 Å². The number of aryl methyl sites for hydroxylation is 1. The van der Waals surface area contributed by atoms with Crippen LogP contribution in [0.5, 0.6) is 0 Å². The lowest BCUT2D eigenvalue weighted by Crippen LogP contribution is -2.25. The Balaban J connectivity index is 2.53. The van der Waals surface area contributed by atoms with Crippen LogP contribution >= 0.6 is 22.6 Å². The maximum Gasteiger partial charge on any atom is 0.268 e. The van der Waals surface area contributed by atoms with Crippen molar-refractivity contribution in [3.8, 4) is 0 Å². The zero-order valence-corrected chi connectivity index (χ0v) is 14.4. The average molecular weight is 411 g/mol. The molecule has 0 atom stereocenters. The predicted octanol–water partition coefficient (Wildman–Crippen LogP) is 4.09. The fraction of sp³-hybridized carbons (Fsp3) is 0.0625. The highest BCUT2D eigenvalue weighted by Gasteiger charge is 2.22. The summed E-state index contributed by atoms with van der Waals surface area (Å²) in [5.41, 5.74) is 4.09. The highest BCUT2D eigenvalue weighted by molar-refractivity contribution is 14.1. The van der Waals surface area contributed by atoms with Gasteiger partial charge in [0.2, 0.25) is 0 Å². The summed E-state index contributed by atoms with van der Waals surface area (Å²) in [4.78, 5) is 0.234. The third kappa shape index (κ3) is 3.56. The van der Waals surface area contributed by atoms with Gasteiger partial charge in [-0.05, 0) is 65.9 Å². The maximum absolute atomic E-state index is 12.7. The van der Waals surface area contributed by atoms with E-state index < -0.39 is 10.0 Å². The first-order chi connectivity index (χ1) is 9.95. The summed E-state index contributed by atoms with van der Waals surface area (Å²) in [5, 5.41) is 0. The van der Waals surface area contributed by atoms with Gasteiger partial charge in [0.1, 0.15) is 0 Å². The van der Waals surface area contributed by atoms with Crippen molar-refractivity contribution in [1.29, 1.82) is 0 Å². The van der Waals surface area contributed by atoms with E-state index in [1.807, 2.05) is 19.1 Å². The molecule has 0 aliphatic carbocycles. The summed E-state index contributed by atoms with van der Waals surface area (Å²) >= 11 is 2.17. The molecule has 0 bridgehead atoms. The van der Waals surface area contributed by atoms with Crippen molar-refractivity contribution in [2.45, 2.75) is 11.8 Å². The third-order valence-corrected chi connectivity index (χ3v) is 5.29. The molecule has 2 aromatic carbocycles. The second-order valence-electron chi connectivity index (χ2n) is 4.42. The van der Waals surface area contributed by atoms with Gasteiger partial charge in [0, 0.05) is 3.57 Å². The third-order valence-electron chi connectivity index (χ3n) is 2.87. The largest absolute Gasteiger partial charge is 0.268 e. The van der Waals surface area contributed by atoms with E-state index in [-0.39, 0.29) is 4.90 Å². The second-order valence-corrected chi connectivity index (χ2v) is 7.48. The molecule has 5 heteroatoms. The van der Waals surface area contributed by atoms with Gasteiger partial charge in [-0.25, -0.2) is 12.7 Å². The smallest absolute Gasteiger partial charge is 0.234 e. The Kier molecular flexibility index (Phi) is 4.88. The molecular weight excluding hydrogens is 397 g/mol. The SMILES string of the molecule is C=C=CN(c1ccc(I)cc1)S(=O)(=O)c1ccc(C)cc1. The van der Waals surface area contributed by atoms with Crippen LogP contribution in [0.4, 0.5) is 5.69 Å². The Morgan fingerprint density at radius 3 is 2.19 bits per heavy atom. The van der Waals surface area contributed by atoms with Crippen LogP contribution in [-0.2, 0) is 10.0 Å². The molecule has 0 spiro atoms. The van der Waals surface area contributed by atoms with Crippen molar-refractivity contribution in [1.82, 2.24) is 0 Å². The Bertz CT molecular complexity index is 774. The minimum atomic E-state index is -3.67. The first-order valence-corrected chi connectivity index (χ1v) is 8.69. The molecule has 0 heterocycles. The van der Waals surface area contributed by atoms with Gasteiger partial charge in [-0.1, -0.05) is 24.3 Å². The molecule has 0 amide bonds. The van der Waals surface area contributed by atoms with E-state index in [4.69, 9.17) is 0 Å². The maximum atomic E-state index is 12.7. The van der Waals surface area contributed by atoms with Gasteiger partial charge in [0.15, 0.2) is 0 Å². The highest BCUT2D eigenvalue weighted by atomic mass is 127. The predicted molar refractivity (Wildman–Crippen MR) is 93.7 cm³/mol. The Morgan fingerprint density at radius 1 is 1.10 bits per heavy atom. The fourth-order valence-electron chi connectivity index (χ4n) is 1.78. The summed E-state index contributed by atoms with van der Waals surface area (Å²) in [6, 6.07) is 14.0. The number of anilines is 1. The van der Waals surface area contributed by atoms with E-state index >= 15 is 0 Å². The molecule has 0 unspecified atom stereocenters. The van der Waals surface area contributed by atoms with Gasteiger partial charge in [0.25, 0.3) is 10.0 Å². The number of rotatable bonds is 4. The van der Waals surface area contributed by atoms with Crippen molar-refractivity contribution in [2.75, 3.05) is 4.31 Å². The molecule has 108 valence electrons. The fourth-order valence-corrected chi connectivity index (χ4v) is 3.46. The van der Waals surface area contributed by atoms with Gasteiger partial charge < -0.3 is 0 Å². The van der Waals surface area contributed by atoms with Gasteiger partial charge in [-0.15, -0.1) is 5.73 Å². The zero-order chi connectivity index (χ0) is 15.5. The quantitative estimate of drug-likeness (QED) is 0.562. The summed E-state index contributed by atoms with van der Waals surface area (Å²) < 4.78 is 27.7. The standard InChI is InChI=1S/C16H14INO2S/c1-3-12-18(15-8-6-14(17)7-9-15)21(19,20)16-10-4-13(2)5-11-16/h4-12H,1H2,2H3. The van der Waals surface area contributed by atoms with Crippen LogP contribution in [0.25, 0.3) is 0 Å². The minimum absolute atomic E-state index is 0.234. The van der Waals surface area contributed by atoms with Crippen LogP contribution < -0.4 is 4.31 Å². The van der Waals surface area contributed by atoms with Gasteiger partial charge >= 0.3 is 0 Å². The molecule has 0 radical (unpaired) electrons. The number of nitrogens with zero attached hydrogens (tertiary/aromatic N) is 1. The average Bonchev–Trinajstić information content (AvgIpc) is 2.46. The Labute approximate surface area is 138 Å². The van der Waals surface area contributed by atoms with Gasteiger partial charge in [-0.3, -0.25) is 0 Å². The molecule has 0 aromatic heterocycles. The molecule has 0 aliphatic heterocycles. The number of hydrogen-bond acceptors (Lipinski definition) is 2. The highest BCUT2D eigenvalue weighted by Crippen LogP contribution is 2.25. The minimum Gasteiger partial charge on any atom is -0.234 e. The molecule has 21 heavy (non-hydrogen) atoms.